The number of halogens is 1. The summed E-state index contributed by atoms with van der Waals surface area (Å²) >= 11 is 5.93. The summed E-state index contributed by atoms with van der Waals surface area (Å²) in [6, 6.07) is 21.8. The van der Waals surface area contributed by atoms with Crippen LogP contribution in [0.4, 0.5) is 5.69 Å². The molecule has 3 rings (SSSR count). The molecule has 0 saturated carbocycles. The summed E-state index contributed by atoms with van der Waals surface area (Å²) in [7, 11) is 0. The van der Waals surface area contributed by atoms with Gasteiger partial charge in [0.1, 0.15) is 6.04 Å². The van der Waals surface area contributed by atoms with E-state index in [2.05, 4.69) is 23.6 Å². The second-order valence-electron chi connectivity index (χ2n) is 6.37. The van der Waals surface area contributed by atoms with E-state index in [0.29, 0.717) is 0 Å². The molecule has 2 atom stereocenters. The number of carbonyl (C=O) groups excluding carboxylic acids is 1. The zero-order valence-corrected chi connectivity index (χ0v) is 15.1. The average Bonchev–Trinajstić information content (AvgIpc) is 2.62. The first-order valence-corrected chi connectivity index (χ1v) is 8.81. The summed E-state index contributed by atoms with van der Waals surface area (Å²) in [5, 5.41) is 8.06. The van der Waals surface area contributed by atoms with Gasteiger partial charge in [0.25, 0.3) is 5.91 Å². The van der Waals surface area contributed by atoms with Crippen LogP contribution in [0.2, 0.25) is 5.02 Å². The second-order valence-corrected chi connectivity index (χ2v) is 6.81. The molecule has 3 aromatic carbocycles. The summed E-state index contributed by atoms with van der Waals surface area (Å²) < 4.78 is 0. The summed E-state index contributed by atoms with van der Waals surface area (Å²) in [5.74, 6) is -0.00362. The molecule has 0 aliphatic rings. The predicted molar refractivity (Wildman–Crippen MR) is 104 cm³/mol. The molecule has 0 aliphatic carbocycles. The van der Waals surface area contributed by atoms with Crippen molar-refractivity contribution in [3.05, 3.63) is 77.3 Å². The van der Waals surface area contributed by atoms with E-state index in [4.69, 9.17) is 11.6 Å². The average molecular weight is 354 g/mol. The molecule has 0 aromatic heterocycles. The molecule has 0 bridgehead atoms. The van der Waals surface area contributed by atoms with E-state index in [9.17, 15) is 4.79 Å². The molecule has 0 unspecified atom stereocenters. The maximum atomic E-state index is 12.5. The lowest BCUT2D eigenvalue weighted by Crippen LogP contribution is -2.91. The molecule has 25 heavy (non-hydrogen) atoms. The normalized spacial score (nSPS) is 13.4. The molecule has 3 nitrogen and oxygen atoms in total. The maximum absolute atomic E-state index is 12.5. The minimum atomic E-state index is -0.197. The largest absolute Gasteiger partial charge is 0.330 e. The van der Waals surface area contributed by atoms with Gasteiger partial charge in [0, 0.05) is 16.3 Å². The van der Waals surface area contributed by atoms with Gasteiger partial charge < -0.3 is 10.6 Å². The van der Waals surface area contributed by atoms with Crippen LogP contribution in [0.1, 0.15) is 25.5 Å². The van der Waals surface area contributed by atoms with Crippen molar-refractivity contribution in [2.75, 3.05) is 5.32 Å². The zero-order chi connectivity index (χ0) is 17.8. The molecular formula is C21H22ClN2O+. The fraction of sp³-hybridized carbons (Fsp3) is 0.190. The van der Waals surface area contributed by atoms with Gasteiger partial charge >= 0.3 is 0 Å². The molecule has 0 spiro atoms. The predicted octanol–water partition coefficient (Wildman–Crippen LogP) is 4.14. The van der Waals surface area contributed by atoms with E-state index in [-0.39, 0.29) is 18.0 Å². The van der Waals surface area contributed by atoms with Crippen molar-refractivity contribution in [3.63, 3.8) is 0 Å². The Morgan fingerprint density at radius 1 is 0.960 bits per heavy atom. The minimum Gasteiger partial charge on any atom is -0.330 e. The lowest BCUT2D eigenvalue weighted by atomic mass is 10.1. The fourth-order valence-corrected chi connectivity index (χ4v) is 3.05. The molecular weight excluding hydrogens is 332 g/mol. The number of amides is 1. The van der Waals surface area contributed by atoms with Gasteiger partial charge in [-0.25, -0.2) is 0 Å². The van der Waals surface area contributed by atoms with E-state index in [0.717, 1.165) is 27.0 Å². The number of quaternary nitrogens is 1. The fourth-order valence-electron chi connectivity index (χ4n) is 2.92. The monoisotopic (exact) mass is 353 g/mol. The number of carbonyl (C=O) groups is 1. The van der Waals surface area contributed by atoms with Crippen molar-refractivity contribution in [2.45, 2.75) is 25.9 Å². The van der Waals surface area contributed by atoms with E-state index < -0.39 is 0 Å². The van der Waals surface area contributed by atoms with Crippen LogP contribution >= 0.6 is 11.6 Å². The Morgan fingerprint density at radius 2 is 1.64 bits per heavy atom. The molecule has 0 aliphatic heterocycles. The van der Waals surface area contributed by atoms with Crippen LogP contribution in [0.25, 0.3) is 10.8 Å². The van der Waals surface area contributed by atoms with Gasteiger partial charge in [-0.1, -0.05) is 54.1 Å². The lowest BCUT2D eigenvalue weighted by molar-refractivity contribution is -0.709. The van der Waals surface area contributed by atoms with Crippen molar-refractivity contribution in [1.29, 1.82) is 0 Å². The van der Waals surface area contributed by atoms with Crippen LogP contribution in [0, 0.1) is 0 Å². The number of anilines is 1. The lowest BCUT2D eigenvalue weighted by Gasteiger charge is -2.17. The van der Waals surface area contributed by atoms with Gasteiger partial charge in [-0.05, 0) is 48.9 Å². The number of benzene rings is 3. The number of nitrogens with one attached hydrogen (secondary N) is 1. The number of nitrogens with two attached hydrogens (primary N) is 1. The Hall–Kier alpha value is -2.36. The van der Waals surface area contributed by atoms with Crippen LogP contribution in [-0.2, 0) is 4.79 Å². The zero-order valence-electron chi connectivity index (χ0n) is 14.4. The van der Waals surface area contributed by atoms with E-state index in [1.54, 1.807) is 0 Å². The quantitative estimate of drug-likeness (QED) is 0.711. The maximum Gasteiger partial charge on any atom is 0.282 e. The first-order chi connectivity index (χ1) is 12.0. The van der Waals surface area contributed by atoms with Gasteiger partial charge in [0.2, 0.25) is 0 Å². The Bertz CT molecular complexity index is 876. The summed E-state index contributed by atoms with van der Waals surface area (Å²) in [5.41, 5.74) is 1.97. The van der Waals surface area contributed by atoms with Crippen LogP contribution in [0.5, 0.6) is 0 Å². The number of hydrogen-bond acceptors (Lipinski definition) is 1. The van der Waals surface area contributed by atoms with Crippen molar-refractivity contribution in [3.8, 4) is 0 Å². The van der Waals surface area contributed by atoms with Gasteiger partial charge in [0.05, 0.1) is 0 Å². The van der Waals surface area contributed by atoms with Crippen molar-refractivity contribution >= 4 is 34.0 Å². The third-order valence-electron chi connectivity index (χ3n) is 4.40. The molecule has 0 radical (unpaired) electrons. The molecule has 3 aromatic rings. The number of fused-ring (bicyclic) bond motifs is 1. The van der Waals surface area contributed by atoms with Gasteiger partial charge in [-0.2, -0.15) is 0 Å². The molecule has 3 N–H and O–H groups in total. The molecule has 128 valence electrons. The highest BCUT2D eigenvalue weighted by atomic mass is 35.5. The first-order valence-electron chi connectivity index (χ1n) is 8.43. The number of rotatable bonds is 5. The van der Waals surface area contributed by atoms with Crippen molar-refractivity contribution in [1.82, 2.24) is 0 Å². The Balaban J connectivity index is 1.64. The summed E-state index contributed by atoms with van der Waals surface area (Å²) in [6.45, 7) is 4.01. The van der Waals surface area contributed by atoms with Crippen LogP contribution in [-0.4, -0.2) is 11.9 Å². The summed E-state index contributed by atoms with van der Waals surface area (Å²) in [6.07, 6.45) is 0. The Morgan fingerprint density at radius 3 is 2.36 bits per heavy atom. The highest BCUT2D eigenvalue weighted by Gasteiger charge is 2.20. The molecule has 1 amide bonds. The van der Waals surface area contributed by atoms with Gasteiger partial charge in [-0.3, -0.25) is 4.79 Å². The molecule has 0 fully saturated rings. The standard InChI is InChI=1S/C21H21ClN2O/c1-14(16-7-10-19(22)11-8-16)23-15(2)21(25)24-20-12-9-17-5-3-4-6-18(17)13-20/h3-15,23H,1-2H3,(H,24,25)/p+1/t14-,15+/m1/s1. The minimum absolute atomic E-state index is 0.00362. The van der Waals surface area contributed by atoms with E-state index in [1.165, 1.54) is 0 Å². The topological polar surface area (TPSA) is 45.7 Å². The summed E-state index contributed by atoms with van der Waals surface area (Å²) in [4.78, 5) is 12.5. The van der Waals surface area contributed by atoms with Gasteiger partial charge in [-0.15, -0.1) is 0 Å². The third kappa shape index (κ3) is 4.38. The van der Waals surface area contributed by atoms with E-state index >= 15 is 0 Å². The Kier molecular flexibility index (Phi) is 5.37. The highest BCUT2D eigenvalue weighted by Crippen LogP contribution is 2.19. The van der Waals surface area contributed by atoms with Crippen molar-refractivity contribution in [2.24, 2.45) is 0 Å². The first kappa shape index (κ1) is 17.5. The SMILES string of the molecule is C[C@H]([NH2+][C@H](C)c1ccc(Cl)cc1)C(=O)Nc1ccc2ccccc2c1. The molecule has 0 saturated heterocycles. The third-order valence-corrected chi connectivity index (χ3v) is 4.66. The van der Waals surface area contributed by atoms with E-state index in [1.807, 2.05) is 67.6 Å². The van der Waals surface area contributed by atoms with Crippen LogP contribution < -0.4 is 10.6 Å². The van der Waals surface area contributed by atoms with Crippen LogP contribution in [0.15, 0.2) is 66.7 Å². The highest BCUT2D eigenvalue weighted by molar-refractivity contribution is 6.30. The Labute approximate surface area is 153 Å². The van der Waals surface area contributed by atoms with Gasteiger partial charge in [0.15, 0.2) is 6.04 Å². The second kappa shape index (κ2) is 7.68. The number of hydrogen-bond donors (Lipinski definition) is 2. The molecule has 4 heteroatoms. The van der Waals surface area contributed by atoms with Crippen LogP contribution in [0.3, 0.4) is 0 Å². The van der Waals surface area contributed by atoms with Crippen molar-refractivity contribution < 1.29 is 10.1 Å². The smallest absolute Gasteiger partial charge is 0.282 e. The molecule has 0 heterocycles.